The van der Waals surface area contributed by atoms with Crippen LogP contribution in [0.5, 0.6) is 0 Å². The lowest BCUT2D eigenvalue weighted by molar-refractivity contribution is 0.104. The number of azo groups is 1. The van der Waals surface area contributed by atoms with E-state index in [-0.39, 0.29) is 5.78 Å². The Labute approximate surface area is 79.0 Å². The fourth-order valence-electron chi connectivity index (χ4n) is 1.57. The van der Waals surface area contributed by atoms with Gasteiger partial charge in [0.25, 0.3) is 0 Å². The Morgan fingerprint density at radius 2 is 2.14 bits per heavy atom. The van der Waals surface area contributed by atoms with Crippen molar-refractivity contribution in [2.75, 3.05) is 0 Å². The van der Waals surface area contributed by atoms with E-state index in [1.807, 2.05) is 0 Å². The third-order valence-electron chi connectivity index (χ3n) is 2.24. The molecule has 0 atom stereocenters. The zero-order valence-electron chi connectivity index (χ0n) is 7.14. The van der Waals surface area contributed by atoms with Gasteiger partial charge >= 0.3 is 0 Å². The van der Waals surface area contributed by atoms with Crippen LogP contribution in [0.4, 0.5) is 5.69 Å². The molecule has 0 amide bonds. The van der Waals surface area contributed by atoms with Crippen molar-refractivity contribution in [3.8, 4) is 0 Å². The number of benzene rings is 1. The molecule has 0 N–H and O–H groups in total. The molecule has 2 aliphatic rings. The third kappa shape index (κ3) is 0.821. The molecule has 1 aromatic carbocycles. The number of rotatable bonds is 0. The summed E-state index contributed by atoms with van der Waals surface area (Å²) in [4.78, 5) is 15.6. The van der Waals surface area contributed by atoms with E-state index in [9.17, 15) is 4.79 Å². The first-order valence-electron chi connectivity index (χ1n) is 4.19. The molecule has 1 aromatic rings. The molecular formula is C10H5N3O. The lowest BCUT2D eigenvalue weighted by atomic mass is 10.1. The number of hydrogen-bond acceptors (Lipinski definition) is 4. The van der Waals surface area contributed by atoms with E-state index in [1.54, 1.807) is 18.3 Å². The first-order chi connectivity index (χ1) is 6.86. The minimum Gasteiger partial charge on any atom is -0.289 e. The standard InChI is InChI=1S/C10H5N3O/c14-9-3-4-11-10-6(9)1-2-8-7(10)5-12-13-8/h1-5H. The second-order valence-electron chi connectivity index (χ2n) is 3.05. The number of allylic oxidation sites excluding steroid dienone is 1. The van der Waals surface area contributed by atoms with Crippen molar-refractivity contribution >= 4 is 17.7 Å². The van der Waals surface area contributed by atoms with Crippen LogP contribution in [-0.2, 0) is 0 Å². The Bertz CT molecular complexity index is 611. The van der Waals surface area contributed by atoms with Crippen LogP contribution in [0.2, 0.25) is 0 Å². The van der Waals surface area contributed by atoms with Crippen LogP contribution >= 0.6 is 0 Å². The Morgan fingerprint density at radius 3 is 3.07 bits per heavy atom. The van der Waals surface area contributed by atoms with Crippen LogP contribution in [-0.4, -0.2) is 5.78 Å². The molecule has 14 heavy (non-hydrogen) atoms. The maximum absolute atomic E-state index is 11.5. The number of fused-ring (bicyclic) bond motifs is 3. The zero-order chi connectivity index (χ0) is 9.54. The van der Waals surface area contributed by atoms with Gasteiger partial charge in [-0.2, -0.15) is 10.2 Å². The van der Waals surface area contributed by atoms with Crippen LogP contribution < -0.4 is 10.6 Å². The fourth-order valence-corrected chi connectivity index (χ4v) is 1.57. The van der Waals surface area contributed by atoms with Gasteiger partial charge in [0.15, 0.2) is 5.78 Å². The Balaban J connectivity index is 2.53. The lowest BCUT2D eigenvalue weighted by Gasteiger charge is -2.01. The van der Waals surface area contributed by atoms with Crippen molar-refractivity contribution in [1.82, 2.24) is 0 Å². The predicted molar refractivity (Wildman–Crippen MR) is 49.7 cm³/mol. The minimum atomic E-state index is -0.0156. The highest BCUT2D eigenvalue weighted by molar-refractivity contribution is 6.05. The van der Waals surface area contributed by atoms with Gasteiger partial charge in [0.05, 0.1) is 17.2 Å². The van der Waals surface area contributed by atoms with Gasteiger partial charge in [-0.15, -0.1) is 0 Å². The van der Waals surface area contributed by atoms with E-state index in [2.05, 4.69) is 15.2 Å². The summed E-state index contributed by atoms with van der Waals surface area (Å²) in [5.41, 5.74) is 1.39. The Morgan fingerprint density at radius 1 is 1.21 bits per heavy atom. The quantitative estimate of drug-likeness (QED) is 0.588. The topological polar surface area (TPSA) is 54.1 Å². The molecule has 2 aliphatic heterocycles. The zero-order valence-corrected chi connectivity index (χ0v) is 7.14. The molecule has 0 saturated heterocycles. The van der Waals surface area contributed by atoms with E-state index in [4.69, 9.17) is 0 Å². The van der Waals surface area contributed by atoms with Gasteiger partial charge in [0.2, 0.25) is 0 Å². The predicted octanol–water partition coefficient (Wildman–Crippen LogP) is 0.852. The monoisotopic (exact) mass is 183 g/mol. The van der Waals surface area contributed by atoms with Crippen LogP contribution in [0.15, 0.2) is 39.6 Å². The smallest absolute Gasteiger partial charge is 0.189 e. The van der Waals surface area contributed by atoms with Gasteiger partial charge in [-0.25, -0.2) is 0 Å². The van der Waals surface area contributed by atoms with Crippen molar-refractivity contribution < 1.29 is 4.79 Å². The summed E-state index contributed by atoms with van der Waals surface area (Å²) in [6, 6.07) is 3.52. The highest BCUT2D eigenvalue weighted by atomic mass is 16.1. The summed E-state index contributed by atoms with van der Waals surface area (Å²) in [5, 5.41) is 9.21. The molecule has 0 unspecified atom stereocenters. The second-order valence-corrected chi connectivity index (χ2v) is 3.05. The number of hydrogen-bond donors (Lipinski definition) is 0. The maximum Gasteiger partial charge on any atom is 0.189 e. The highest BCUT2D eigenvalue weighted by Crippen LogP contribution is 2.10. The summed E-state index contributed by atoms with van der Waals surface area (Å²) in [5.74, 6) is -0.0156. The molecule has 2 heterocycles. The van der Waals surface area contributed by atoms with Gasteiger partial charge in [-0.1, -0.05) is 0 Å². The van der Waals surface area contributed by atoms with E-state index in [0.717, 1.165) is 10.9 Å². The summed E-state index contributed by atoms with van der Waals surface area (Å²) in [6.07, 6.45) is 4.60. The second kappa shape index (κ2) is 2.45. The van der Waals surface area contributed by atoms with Crippen LogP contribution in [0.25, 0.3) is 6.20 Å². The van der Waals surface area contributed by atoms with Gasteiger partial charge < -0.3 is 0 Å². The van der Waals surface area contributed by atoms with E-state index >= 15 is 0 Å². The van der Waals surface area contributed by atoms with E-state index in [0.29, 0.717) is 10.9 Å². The van der Waals surface area contributed by atoms with Crippen LogP contribution in [0, 0.1) is 0 Å². The van der Waals surface area contributed by atoms with Crippen molar-refractivity contribution in [3.05, 3.63) is 40.5 Å². The van der Waals surface area contributed by atoms with Gasteiger partial charge in [-0.05, 0) is 12.1 Å². The van der Waals surface area contributed by atoms with Crippen LogP contribution in [0.3, 0.4) is 0 Å². The van der Waals surface area contributed by atoms with Gasteiger partial charge in [0, 0.05) is 23.1 Å². The number of ketones is 1. The SMILES string of the molecule is O=C1C=CN=c2c1ccc1c2=CN=N1. The first-order valence-corrected chi connectivity index (χ1v) is 4.19. The average molecular weight is 183 g/mol. The third-order valence-corrected chi connectivity index (χ3v) is 2.24. The maximum atomic E-state index is 11.5. The van der Waals surface area contributed by atoms with E-state index in [1.165, 1.54) is 12.3 Å². The highest BCUT2D eigenvalue weighted by Gasteiger charge is 2.12. The molecule has 66 valence electrons. The Hall–Kier alpha value is -2.10. The summed E-state index contributed by atoms with van der Waals surface area (Å²) in [6.45, 7) is 0. The van der Waals surface area contributed by atoms with E-state index < -0.39 is 0 Å². The van der Waals surface area contributed by atoms with Crippen molar-refractivity contribution in [3.63, 3.8) is 0 Å². The number of carbonyl (C=O) groups excluding carboxylic acids is 1. The molecule has 3 rings (SSSR count). The van der Waals surface area contributed by atoms with Gasteiger partial charge in [-0.3, -0.25) is 9.79 Å². The number of nitrogens with zero attached hydrogens (tertiary/aromatic N) is 3. The minimum absolute atomic E-state index is 0.0156. The molecule has 0 radical (unpaired) electrons. The molecule has 0 aliphatic carbocycles. The molecule has 0 aromatic heterocycles. The summed E-state index contributed by atoms with van der Waals surface area (Å²) in [7, 11) is 0. The lowest BCUT2D eigenvalue weighted by Crippen LogP contribution is -2.31. The molecule has 4 nitrogen and oxygen atoms in total. The van der Waals surface area contributed by atoms with Gasteiger partial charge in [0.1, 0.15) is 0 Å². The fraction of sp³-hybridized carbons (Fsp3) is 0. The largest absolute Gasteiger partial charge is 0.289 e. The van der Waals surface area contributed by atoms with Crippen molar-refractivity contribution in [2.24, 2.45) is 15.2 Å². The normalized spacial score (nSPS) is 15.9. The number of carbonyl (C=O) groups is 1. The molecule has 0 spiro atoms. The van der Waals surface area contributed by atoms with Crippen molar-refractivity contribution in [2.45, 2.75) is 0 Å². The summed E-state index contributed by atoms with van der Waals surface area (Å²) >= 11 is 0. The molecule has 4 heteroatoms. The summed E-state index contributed by atoms with van der Waals surface area (Å²) < 4.78 is 0. The average Bonchev–Trinajstić information content (AvgIpc) is 2.66. The molecule has 0 bridgehead atoms. The molecule has 0 saturated carbocycles. The van der Waals surface area contributed by atoms with Crippen molar-refractivity contribution in [1.29, 1.82) is 0 Å². The Kier molecular flexibility index (Phi) is 1.28. The molecule has 0 fully saturated rings. The van der Waals surface area contributed by atoms with Crippen LogP contribution in [0.1, 0.15) is 10.4 Å². The molecular weight excluding hydrogens is 178 g/mol. The first kappa shape index (κ1) is 7.32.